The van der Waals surface area contributed by atoms with Gasteiger partial charge in [-0.3, -0.25) is 4.79 Å². The molecular formula is C17H20Cl2N4O. The molecule has 2 aromatic rings. The zero-order valence-electron chi connectivity index (χ0n) is 13.6. The number of rotatable bonds is 3. The number of amides is 1. The van der Waals surface area contributed by atoms with Crippen molar-refractivity contribution in [2.45, 2.75) is 39.0 Å². The van der Waals surface area contributed by atoms with Crippen LogP contribution in [-0.4, -0.2) is 38.7 Å². The molecule has 0 N–H and O–H groups in total. The summed E-state index contributed by atoms with van der Waals surface area (Å²) >= 11 is 12.6. The predicted molar refractivity (Wildman–Crippen MR) is 95.1 cm³/mol. The van der Waals surface area contributed by atoms with E-state index in [-0.39, 0.29) is 11.7 Å². The molecule has 0 saturated carbocycles. The van der Waals surface area contributed by atoms with E-state index in [9.17, 15) is 4.79 Å². The average Bonchev–Trinajstić information content (AvgIpc) is 2.80. The molecule has 0 unspecified atom stereocenters. The minimum absolute atomic E-state index is 0.117. The van der Waals surface area contributed by atoms with Crippen LogP contribution in [0.3, 0.4) is 0 Å². The summed E-state index contributed by atoms with van der Waals surface area (Å²) in [6, 6.07) is 5.28. The Morgan fingerprint density at radius 2 is 1.75 bits per heavy atom. The number of aromatic nitrogens is 3. The second kappa shape index (κ2) is 7.53. The molecule has 1 saturated heterocycles. The molecule has 0 bridgehead atoms. The van der Waals surface area contributed by atoms with Crippen LogP contribution in [0.4, 0.5) is 0 Å². The van der Waals surface area contributed by atoms with Crippen LogP contribution < -0.4 is 0 Å². The lowest BCUT2D eigenvalue weighted by Gasteiger charge is -2.18. The molecule has 3 rings (SSSR count). The lowest BCUT2D eigenvalue weighted by atomic mass is 10.2. The van der Waals surface area contributed by atoms with Crippen molar-refractivity contribution >= 4 is 29.1 Å². The number of hydrogen-bond acceptors (Lipinski definition) is 3. The Morgan fingerprint density at radius 3 is 2.33 bits per heavy atom. The molecule has 128 valence electrons. The normalized spacial score (nSPS) is 15.4. The lowest BCUT2D eigenvalue weighted by Crippen LogP contribution is -2.32. The first-order valence-corrected chi connectivity index (χ1v) is 9.07. The lowest BCUT2D eigenvalue weighted by molar-refractivity contribution is 0.0749. The summed E-state index contributed by atoms with van der Waals surface area (Å²) < 4.78 is 1.59. The molecule has 1 aromatic heterocycles. The van der Waals surface area contributed by atoms with Crippen LogP contribution in [0.2, 0.25) is 10.0 Å². The second-order valence-corrected chi connectivity index (χ2v) is 6.71. The molecule has 0 atom stereocenters. The molecule has 1 aromatic carbocycles. The Balaban J connectivity index is 1.97. The van der Waals surface area contributed by atoms with Crippen molar-refractivity contribution in [1.82, 2.24) is 19.7 Å². The van der Waals surface area contributed by atoms with Crippen LogP contribution >= 0.6 is 23.2 Å². The fraction of sp³-hybridized carbons (Fsp3) is 0.471. The van der Waals surface area contributed by atoms with E-state index in [1.54, 1.807) is 22.9 Å². The molecule has 0 aliphatic carbocycles. The maximum absolute atomic E-state index is 12.8. The first-order chi connectivity index (χ1) is 11.6. The molecule has 7 heteroatoms. The van der Waals surface area contributed by atoms with Gasteiger partial charge < -0.3 is 4.90 Å². The highest BCUT2D eigenvalue weighted by Crippen LogP contribution is 2.29. The quantitative estimate of drug-likeness (QED) is 0.819. The molecule has 1 fully saturated rings. The van der Waals surface area contributed by atoms with Gasteiger partial charge in [0.25, 0.3) is 5.91 Å². The standard InChI is InChI=1S/C17H20Cl2N4O/c1-2-14-20-16(17(24)22-10-5-3-4-6-11-22)21-23(14)15-12(18)8-7-9-13(15)19/h7-9H,2-6,10-11H2,1H3. The molecule has 1 aliphatic heterocycles. The predicted octanol–water partition coefficient (Wildman–Crippen LogP) is 4.15. The van der Waals surface area contributed by atoms with E-state index < -0.39 is 0 Å². The summed E-state index contributed by atoms with van der Waals surface area (Å²) in [7, 11) is 0. The van der Waals surface area contributed by atoms with E-state index in [0.717, 1.165) is 25.9 Å². The SMILES string of the molecule is CCc1nc(C(=O)N2CCCCCC2)nn1-c1c(Cl)cccc1Cl. The van der Waals surface area contributed by atoms with Gasteiger partial charge in [0.2, 0.25) is 5.82 Å². The number of carbonyl (C=O) groups excluding carboxylic acids is 1. The third-order valence-corrected chi connectivity index (χ3v) is 4.83. The van der Waals surface area contributed by atoms with E-state index >= 15 is 0 Å². The van der Waals surface area contributed by atoms with E-state index in [4.69, 9.17) is 23.2 Å². The molecule has 2 heterocycles. The van der Waals surface area contributed by atoms with E-state index in [1.165, 1.54) is 12.8 Å². The number of likely N-dealkylation sites (tertiary alicyclic amines) is 1. The van der Waals surface area contributed by atoms with E-state index in [2.05, 4.69) is 10.1 Å². The third-order valence-electron chi connectivity index (χ3n) is 4.22. The number of aryl methyl sites for hydroxylation is 1. The van der Waals surface area contributed by atoms with Gasteiger partial charge in [0.05, 0.1) is 10.0 Å². The van der Waals surface area contributed by atoms with Crippen LogP contribution in [0.25, 0.3) is 5.69 Å². The van der Waals surface area contributed by atoms with Crippen molar-refractivity contribution in [2.24, 2.45) is 0 Å². The topological polar surface area (TPSA) is 51.0 Å². The fourth-order valence-electron chi connectivity index (χ4n) is 2.95. The van der Waals surface area contributed by atoms with Gasteiger partial charge >= 0.3 is 0 Å². The summed E-state index contributed by atoms with van der Waals surface area (Å²) in [5, 5.41) is 5.39. The van der Waals surface area contributed by atoms with Gasteiger partial charge in [-0.25, -0.2) is 9.67 Å². The minimum atomic E-state index is -0.117. The zero-order valence-corrected chi connectivity index (χ0v) is 15.1. The first kappa shape index (κ1) is 17.2. The number of hydrogen-bond donors (Lipinski definition) is 0. The molecule has 1 aliphatic rings. The smallest absolute Gasteiger partial charge is 0.293 e. The Labute approximate surface area is 151 Å². The molecule has 0 spiro atoms. The highest BCUT2D eigenvalue weighted by atomic mass is 35.5. The van der Waals surface area contributed by atoms with Crippen molar-refractivity contribution in [2.75, 3.05) is 13.1 Å². The maximum Gasteiger partial charge on any atom is 0.293 e. The largest absolute Gasteiger partial charge is 0.336 e. The summed E-state index contributed by atoms with van der Waals surface area (Å²) in [4.78, 5) is 19.0. The summed E-state index contributed by atoms with van der Waals surface area (Å²) in [6.45, 7) is 3.49. The summed E-state index contributed by atoms with van der Waals surface area (Å²) in [6.07, 6.45) is 5.02. The van der Waals surface area contributed by atoms with Crippen molar-refractivity contribution in [3.8, 4) is 5.69 Å². The van der Waals surface area contributed by atoms with Crippen LogP contribution in [0.15, 0.2) is 18.2 Å². The van der Waals surface area contributed by atoms with Gasteiger partial charge in [0.15, 0.2) is 0 Å². The minimum Gasteiger partial charge on any atom is -0.336 e. The highest BCUT2D eigenvalue weighted by Gasteiger charge is 2.24. The molecule has 24 heavy (non-hydrogen) atoms. The molecule has 0 radical (unpaired) electrons. The zero-order chi connectivity index (χ0) is 17.1. The van der Waals surface area contributed by atoms with Crippen LogP contribution in [-0.2, 0) is 6.42 Å². The molecule has 5 nitrogen and oxygen atoms in total. The number of halogens is 2. The van der Waals surface area contributed by atoms with Crippen LogP contribution in [0.5, 0.6) is 0 Å². The Kier molecular flexibility index (Phi) is 5.41. The van der Waals surface area contributed by atoms with Crippen molar-refractivity contribution in [3.05, 3.63) is 39.9 Å². The molecular weight excluding hydrogens is 347 g/mol. The van der Waals surface area contributed by atoms with Gasteiger partial charge in [-0.1, -0.05) is 49.0 Å². The van der Waals surface area contributed by atoms with Crippen molar-refractivity contribution < 1.29 is 4.79 Å². The average molecular weight is 367 g/mol. The maximum atomic E-state index is 12.8. The number of benzene rings is 1. The third kappa shape index (κ3) is 3.42. The Bertz CT molecular complexity index is 716. The first-order valence-electron chi connectivity index (χ1n) is 8.31. The van der Waals surface area contributed by atoms with Gasteiger partial charge in [-0.05, 0) is 25.0 Å². The van der Waals surface area contributed by atoms with Crippen LogP contribution in [0.1, 0.15) is 49.1 Å². The van der Waals surface area contributed by atoms with Gasteiger partial charge in [-0.2, -0.15) is 0 Å². The number of nitrogens with zero attached hydrogens (tertiary/aromatic N) is 4. The van der Waals surface area contributed by atoms with E-state index in [1.807, 2.05) is 11.8 Å². The van der Waals surface area contributed by atoms with Gasteiger partial charge in [0.1, 0.15) is 11.5 Å². The van der Waals surface area contributed by atoms with Gasteiger partial charge in [-0.15, -0.1) is 5.10 Å². The summed E-state index contributed by atoms with van der Waals surface area (Å²) in [5.74, 6) is 0.765. The van der Waals surface area contributed by atoms with Crippen LogP contribution in [0, 0.1) is 0 Å². The number of para-hydroxylation sites is 1. The fourth-order valence-corrected chi connectivity index (χ4v) is 3.51. The Hall–Kier alpha value is -1.59. The monoisotopic (exact) mass is 366 g/mol. The Morgan fingerprint density at radius 1 is 1.12 bits per heavy atom. The van der Waals surface area contributed by atoms with Crippen molar-refractivity contribution in [3.63, 3.8) is 0 Å². The van der Waals surface area contributed by atoms with E-state index in [0.29, 0.717) is 28.0 Å². The van der Waals surface area contributed by atoms with Gasteiger partial charge in [0, 0.05) is 19.5 Å². The second-order valence-electron chi connectivity index (χ2n) is 5.89. The summed E-state index contributed by atoms with van der Waals surface area (Å²) in [5.41, 5.74) is 0.570. The highest BCUT2D eigenvalue weighted by molar-refractivity contribution is 6.37. The van der Waals surface area contributed by atoms with Crippen molar-refractivity contribution in [1.29, 1.82) is 0 Å². The molecule has 1 amide bonds. The number of carbonyl (C=O) groups is 1.